The summed E-state index contributed by atoms with van der Waals surface area (Å²) in [5, 5.41) is 9.70. The fraction of sp³-hybridized carbons (Fsp3) is 0.588. The molecule has 0 aliphatic heterocycles. The van der Waals surface area contributed by atoms with Crippen LogP contribution in [-0.2, 0) is 6.42 Å². The molecule has 110 valence electrons. The molecule has 0 saturated heterocycles. The number of benzene rings is 1. The zero-order valence-corrected chi connectivity index (χ0v) is 13.1. The molecule has 0 spiro atoms. The van der Waals surface area contributed by atoms with Gasteiger partial charge in [0, 0.05) is 6.42 Å². The largest absolute Gasteiger partial charge is 0.496 e. The Bertz CT molecular complexity index is 447. The molecule has 0 amide bonds. The van der Waals surface area contributed by atoms with E-state index in [0.29, 0.717) is 6.42 Å². The van der Waals surface area contributed by atoms with Gasteiger partial charge in [-0.05, 0) is 44.5 Å². The van der Waals surface area contributed by atoms with Crippen molar-refractivity contribution >= 4 is 0 Å². The molecule has 0 radical (unpaired) electrons. The van der Waals surface area contributed by atoms with Gasteiger partial charge in [0.1, 0.15) is 11.3 Å². The van der Waals surface area contributed by atoms with E-state index in [4.69, 9.17) is 4.74 Å². The Morgan fingerprint density at radius 2 is 1.80 bits per heavy atom. The van der Waals surface area contributed by atoms with E-state index in [1.807, 2.05) is 31.2 Å². The lowest BCUT2D eigenvalue weighted by Crippen LogP contribution is -2.47. The van der Waals surface area contributed by atoms with Crippen LogP contribution in [0.3, 0.4) is 0 Å². The fourth-order valence-corrected chi connectivity index (χ4v) is 2.59. The number of hydrogen-bond acceptors (Lipinski definition) is 3. The number of methoxy groups -OCH3 is 1. The van der Waals surface area contributed by atoms with Crippen LogP contribution in [0.1, 0.15) is 39.2 Å². The van der Waals surface area contributed by atoms with Gasteiger partial charge in [-0.15, -0.1) is 0 Å². The summed E-state index contributed by atoms with van der Waals surface area (Å²) in [6.45, 7) is 8.25. The predicted molar refractivity (Wildman–Crippen MR) is 82.9 cm³/mol. The quantitative estimate of drug-likeness (QED) is 0.726. The first-order valence-corrected chi connectivity index (χ1v) is 7.39. The molecule has 1 aromatic carbocycles. The van der Waals surface area contributed by atoms with Crippen LogP contribution in [0.2, 0.25) is 0 Å². The van der Waals surface area contributed by atoms with Crippen molar-refractivity contribution in [2.75, 3.05) is 20.2 Å². The molecular weight excluding hydrogens is 248 g/mol. The molecule has 3 heteroatoms. The molecule has 0 aromatic heterocycles. The maximum absolute atomic E-state index is 9.70. The molecule has 0 N–H and O–H groups in total. The molecule has 1 unspecified atom stereocenters. The smallest absolute Gasteiger partial charge is 0.122 e. The Hall–Kier alpha value is -1.53. The van der Waals surface area contributed by atoms with Gasteiger partial charge in [-0.25, -0.2) is 0 Å². The van der Waals surface area contributed by atoms with Crippen molar-refractivity contribution in [2.45, 2.75) is 45.6 Å². The van der Waals surface area contributed by atoms with Gasteiger partial charge in [0.15, 0.2) is 0 Å². The first-order chi connectivity index (χ1) is 9.61. The molecule has 0 bridgehead atoms. The highest BCUT2D eigenvalue weighted by Gasteiger charge is 2.32. The minimum Gasteiger partial charge on any atom is -0.496 e. The van der Waals surface area contributed by atoms with E-state index in [2.05, 4.69) is 24.8 Å². The topological polar surface area (TPSA) is 36.3 Å². The molecule has 1 rings (SSSR count). The van der Waals surface area contributed by atoms with E-state index in [1.54, 1.807) is 7.11 Å². The number of ether oxygens (including phenoxy) is 1. The summed E-state index contributed by atoms with van der Waals surface area (Å²) in [6.07, 6.45) is 2.81. The van der Waals surface area contributed by atoms with Gasteiger partial charge in [0.25, 0.3) is 0 Å². The van der Waals surface area contributed by atoms with Gasteiger partial charge in [0.2, 0.25) is 0 Å². The molecule has 1 atom stereocenters. The molecule has 1 aromatic rings. The molecule has 0 aliphatic rings. The van der Waals surface area contributed by atoms with Gasteiger partial charge in [-0.1, -0.05) is 32.0 Å². The van der Waals surface area contributed by atoms with Crippen LogP contribution in [0.5, 0.6) is 5.75 Å². The van der Waals surface area contributed by atoms with Crippen molar-refractivity contribution in [3.05, 3.63) is 29.8 Å². The maximum atomic E-state index is 9.70. The first kappa shape index (κ1) is 16.5. The zero-order chi connectivity index (χ0) is 15.0. The maximum Gasteiger partial charge on any atom is 0.122 e. The number of nitriles is 1. The molecule has 0 heterocycles. The van der Waals surface area contributed by atoms with E-state index in [1.165, 1.54) is 0 Å². The van der Waals surface area contributed by atoms with Crippen molar-refractivity contribution in [1.82, 2.24) is 4.90 Å². The van der Waals surface area contributed by atoms with Crippen LogP contribution in [0.25, 0.3) is 0 Å². The van der Waals surface area contributed by atoms with E-state index in [0.717, 1.165) is 37.2 Å². The summed E-state index contributed by atoms with van der Waals surface area (Å²) in [5.41, 5.74) is 0.608. The minimum atomic E-state index is -0.485. The summed E-state index contributed by atoms with van der Waals surface area (Å²) >= 11 is 0. The van der Waals surface area contributed by atoms with Crippen molar-refractivity contribution in [3.8, 4) is 11.8 Å². The molecule has 0 saturated carbocycles. The van der Waals surface area contributed by atoms with Crippen molar-refractivity contribution < 1.29 is 4.74 Å². The van der Waals surface area contributed by atoms with Crippen LogP contribution in [-0.4, -0.2) is 30.6 Å². The lowest BCUT2D eigenvalue weighted by Gasteiger charge is -2.36. The van der Waals surface area contributed by atoms with E-state index in [9.17, 15) is 5.26 Å². The monoisotopic (exact) mass is 274 g/mol. The Morgan fingerprint density at radius 3 is 2.30 bits per heavy atom. The second kappa shape index (κ2) is 7.91. The Kier molecular flexibility index (Phi) is 6.54. The predicted octanol–water partition coefficient (Wildman–Crippen LogP) is 3.64. The molecular formula is C17H26N2O. The highest BCUT2D eigenvalue weighted by Crippen LogP contribution is 2.26. The summed E-state index contributed by atoms with van der Waals surface area (Å²) in [7, 11) is 1.68. The standard InChI is InChI=1S/C17H26N2O/c1-5-11-19(12-6-2)17(3,14-18)13-15-9-7-8-10-16(15)20-4/h7-10H,5-6,11-13H2,1-4H3. The van der Waals surface area contributed by atoms with Crippen LogP contribution in [0.4, 0.5) is 0 Å². The summed E-state index contributed by atoms with van der Waals surface area (Å²) in [4.78, 5) is 2.29. The average Bonchev–Trinajstić information content (AvgIpc) is 2.47. The summed E-state index contributed by atoms with van der Waals surface area (Å²) < 4.78 is 5.41. The van der Waals surface area contributed by atoms with E-state index >= 15 is 0 Å². The van der Waals surface area contributed by atoms with Gasteiger partial charge in [-0.3, -0.25) is 4.90 Å². The zero-order valence-electron chi connectivity index (χ0n) is 13.1. The van der Waals surface area contributed by atoms with E-state index in [-0.39, 0.29) is 0 Å². The van der Waals surface area contributed by atoms with Gasteiger partial charge >= 0.3 is 0 Å². The average molecular weight is 274 g/mol. The fourth-order valence-electron chi connectivity index (χ4n) is 2.59. The molecule has 0 fully saturated rings. The summed E-state index contributed by atoms with van der Waals surface area (Å²) in [6, 6.07) is 10.5. The van der Waals surface area contributed by atoms with Crippen molar-refractivity contribution in [1.29, 1.82) is 5.26 Å². The third-order valence-electron chi connectivity index (χ3n) is 3.65. The van der Waals surface area contributed by atoms with Crippen LogP contribution >= 0.6 is 0 Å². The molecule has 3 nitrogen and oxygen atoms in total. The van der Waals surface area contributed by atoms with Crippen LogP contribution in [0.15, 0.2) is 24.3 Å². The van der Waals surface area contributed by atoms with Crippen molar-refractivity contribution in [3.63, 3.8) is 0 Å². The second-order valence-corrected chi connectivity index (χ2v) is 5.36. The number of rotatable bonds is 8. The highest BCUT2D eigenvalue weighted by molar-refractivity contribution is 5.35. The van der Waals surface area contributed by atoms with E-state index < -0.39 is 5.54 Å². The molecule has 0 aliphatic carbocycles. The Labute approximate surface area is 123 Å². The normalized spacial score (nSPS) is 13.8. The second-order valence-electron chi connectivity index (χ2n) is 5.36. The van der Waals surface area contributed by atoms with Crippen molar-refractivity contribution in [2.24, 2.45) is 0 Å². The summed E-state index contributed by atoms with van der Waals surface area (Å²) in [5.74, 6) is 0.863. The third kappa shape index (κ3) is 3.98. The van der Waals surface area contributed by atoms with Crippen LogP contribution in [0, 0.1) is 11.3 Å². The SMILES string of the molecule is CCCN(CCC)C(C)(C#N)Cc1ccccc1OC. The van der Waals surface area contributed by atoms with Crippen LogP contribution < -0.4 is 4.74 Å². The van der Waals surface area contributed by atoms with Gasteiger partial charge < -0.3 is 4.74 Å². The lowest BCUT2D eigenvalue weighted by atomic mass is 9.91. The minimum absolute atomic E-state index is 0.485. The van der Waals surface area contributed by atoms with Gasteiger partial charge in [0.05, 0.1) is 13.2 Å². The number of nitrogens with zero attached hydrogens (tertiary/aromatic N) is 2. The Balaban J connectivity index is 3.01. The first-order valence-electron chi connectivity index (χ1n) is 7.39. The Morgan fingerprint density at radius 1 is 1.20 bits per heavy atom. The van der Waals surface area contributed by atoms with Gasteiger partial charge in [-0.2, -0.15) is 5.26 Å². The lowest BCUT2D eigenvalue weighted by molar-refractivity contribution is 0.150. The number of para-hydroxylation sites is 1. The third-order valence-corrected chi connectivity index (χ3v) is 3.65. The highest BCUT2D eigenvalue weighted by atomic mass is 16.5. The molecule has 20 heavy (non-hydrogen) atoms. The number of hydrogen-bond donors (Lipinski definition) is 0.